The highest BCUT2D eigenvalue weighted by atomic mass is 35.5. The maximum absolute atomic E-state index is 6.01. The van der Waals surface area contributed by atoms with Gasteiger partial charge >= 0.3 is 0 Å². The topological polar surface area (TPSA) is 29.9 Å². The van der Waals surface area contributed by atoms with Crippen molar-refractivity contribution < 1.29 is 4.74 Å². The smallest absolute Gasteiger partial charge is 0.178 e. The van der Waals surface area contributed by atoms with Crippen LogP contribution in [-0.4, -0.2) is 16.7 Å². The third-order valence-corrected chi connectivity index (χ3v) is 4.09. The van der Waals surface area contributed by atoms with Gasteiger partial charge in [0.05, 0.1) is 18.1 Å². The average molecular weight is 319 g/mol. The molecular weight excluding hydrogens is 304 g/mol. The SMILES string of the molecule is COc1ccccc1CCn1c(=S)[nH]c2cc(Cl)ccc21. The van der Waals surface area contributed by atoms with Gasteiger partial charge in [0.25, 0.3) is 0 Å². The second-order valence-electron chi connectivity index (χ2n) is 4.81. The Bertz CT molecular complexity index is 838. The third kappa shape index (κ3) is 2.82. The van der Waals surface area contributed by atoms with Crippen LogP contribution in [0.15, 0.2) is 42.5 Å². The summed E-state index contributed by atoms with van der Waals surface area (Å²) < 4.78 is 8.19. The third-order valence-electron chi connectivity index (χ3n) is 3.53. The fraction of sp³-hybridized carbons (Fsp3) is 0.188. The highest BCUT2D eigenvalue weighted by Gasteiger charge is 2.07. The van der Waals surface area contributed by atoms with Gasteiger partial charge in [0.2, 0.25) is 0 Å². The van der Waals surface area contributed by atoms with Gasteiger partial charge in [-0.3, -0.25) is 0 Å². The van der Waals surface area contributed by atoms with E-state index in [1.54, 1.807) is 7.11 Å². The fourth-order valence-electron chi connectivity index (χ4n) is 2.50. The van der Waals surface area contributed by atoms with Crippen LogP contribution in [0.4, 0.5) is 0 Å². The van der Waals surface area contributed by atoms with E-state index in [0.717, 1.165) is 29.7 Å². The van der Waals surface area contributed by atoms with Crippen molar-refractivity contribution in [3.05, 3.63) is 57.8 Å². The van der Waals surface area contributed by atoms with Crippen LogP contribution in [0, 0.1) is 4.77 Å². The number of nitrogens with one attached hydrogen (secondary N) is 1. The standard InChI is InChI=1S/C16H15ClN2OS/c1-20-15-5-3-2-4-11(15)8-9-19-14-7-6-12(17)10-13(14)18-16(19)21/h2-7,10H,8-9H2,1H3,(H,18,21). The molecule has 0 unspecified atom stereocenters. The van der Waals surface area contributed by atoms with Crippen LogP contribution in [0.25, 0.3) is 11.0 Å². The van der Waals surface area contributed by atoms with Crippen molar-refractivity contribution in [2.45, 2.75) is 13.0 Å². The van der Waals surface area contributed by atoms with E-state index in [-0.39, 0.29) is 0 Å². The van der Waals surface area contributed by atoms with Crippen LogP contribution in [0.1, 0.15) is 5.56 Å². The Hall–Kier alpha value is -1.78. The van der Waals surface area contributed by atoms with Crippen molar-refractivity contribution in [1.82, 2.24) is 9.55 Å². The summed E-state index contributed by atoms with van der Waals surface area (Å²) in [7, 11) is 1.69. The zero-order chi connectivity index (χ0) is 14.8. The van der Waals surface area contributed by atoms with Crippen molar-refractivity contribution in [2.24, 2.45) is 0 Å². The molecule has 3 aromatic rings. The number of hydrogen-bond acceptors (Lipinski definition) is 2. The van der Waals surface area contributed by atoms with Crippen LogP contribution in [-0.2, 0) is 13.0 Å². The number of nitrogens with zero attached hydrogens (tertiary/aromatic N) is 1. The predicted molar refractivity (Wildman–Crippen MR) is 88.8 cm³/mol. The zero-order valence-electron chi connectivity index (χ0n) is 11.6. The molecule has 0 fully saturated rings. The van der Waals surface area contributed by atoms with Crippen LogP contribution >= 0.6 is 23.8 Å². The summed E-state index contributed by atoms with van der Waals surface area (Å²) in [6.07, 6.45) is 0.855. The number of methoxy groups -OCH3 is 1. The lowest BCUT2D eigenvalue weighted by atomic mass is 10.1. The van der Waals surface area contributed by atoms with E-state index in [0.29, 0.717) is 9.79 Å². The lowest BCUT2D eigenvalue weighted by molar-refractivity contribution is 0.408. The van der Waals surface area contributed by atoms with Gasteiger partial charge in [0.1, 0.15) is 5.75 Å². The molecule has 0 radical (unpaired) electrons. The van der Waals surface area contributed by atoms with Crippen molar-refractivity contribution in [3.8, 4) is 5.75 Å². The van der Waals surface area contributed by atoms with Gasteiger partial charge in [-0.1, -0.05) is 29.8 Å². The van der Waals surface area contributed by atoms with E-state index in [4.69, 9.17) is 28.6 Å². The first-order valence-corrected chi connectivity index (χ1v) is 7.47. The number of rotatable bonds is 4. The number of para-hydroxylation sites is 1. The minimum atomic E-state index is 0.704. The Kier molecular flexibility index (Phi) is 3.99. The molecule has 0 atom stereocenters. The molecule has 1 aromatic heterocycles. The molecule has 0 saturated heterocycles. The van der Waals surface area contributed by atoms with Gasteiger partial charge < -0.3 is 14.3 Å². The normalized spacial score (nSPS) is 11.0. The second kappa shape index (κ2) is 5.92. The number of aromatic amines is 1. The van der Waals surface area contributed by atoms with Crippen molar-refractivity contribution in [2.75, 3.05) is 7.11 Å². The number of aromatic nitrogens is 2. The lowest BCUT2D eigenvalue weighted by Crippen LogP contribution is -2.02. The van der Waals surface area contributed by atoms with E-state index in [1.165, 1.54) is 5.56 Å². The summed E-state index contributed by atoms with van der Waals surface area (Å²) in [6, 6.07) is 13.8. The molecule has 0 saturated carbocycles. The quantitative estimate of drug-likeness (QED) is 0.712. The first-order chi connectivity index (χ1) is 10.2. The van der Waals surface area contributed by atoms with Crippen molar-refractivity contribution >= 4 is 34.9 Å². The molecule has 0 bridgehead atoms. The molecule has 0 aliphatic carbocycles. The molecule has 0 amide bonds. The summed E-state index contributed by atoms with van der Waals surface area (Å²) in [6.45, 7) is 0.792. The summed E-state index contributed by atoms with van der Waals surface area (Å²) in [5, 5.41) is 0.704. The molecule has 21 heavy (non-hydrogen) atoms. The number of benzene rings is 2. The number of hydrogen-bond donors (Lipinski definition) is 1. The van der Waals surface area contributed by atoms with Gasteiger partial charge in [-0.25, -0.2) is 0 Å². The van der Waals surface area contributed by atoms with E-state index in [9.17, 15) is 0 Å². The second-order valence-corrected chi connectivity index (χ2v) is 5.63. The molecule has 3 nitrogen and oxygen atoms in total. The lowest BCUT2D eigenvalue weighted by Gasteiger charge is -2.09. The van der Waals surface area contributed by atoms with Gasteiger partial charge in [-0.05, 0) is 48.5 Å². The molecule has 0 aliphatic heterocycles. The summed E-state index contributed by atoms with van der Waals surface area (Å²) in [4.78, 5) is 3.19. The first kappa shape index (κ1) is 14.2. The minimum Gasteiger partial charge on any atom is -0.496 e. The monoisotopic (exact) mass is 318 g/mol. The first-order valence-electron chi connectivity index (χ1n) is 6.69. The largest absolute Gasteiger partial charge is 0.496 e. The van der Waals surface area contributed by atoms with Crippen LogP contribution in [0.2, 0.25) is 5.02 Å². The number of imidazole rings is 1. The van der Waals surface area contributed by atoms with E-state index in [1.807, 2.05) is 36.4 Å². The number of H-pyrrole nitrogens is 1. The number of aryl methyl sites for hydroxylation is 2. The zero-order valence-corrected chi connectivity index (χ0v) is 13.2. The molecular formula is C16H15ClN2OS. The summed E-state index contributed by atoms with van der Waals surface area (Å²) in [5.74, 6) is 0.909. The van der Waals surface area contributed by atoms with E-state index >= 15 is 0 Å². The van der Waals surface area contributed by atoms with Crippen LogP contribution in [0.5, 0.6) is 5.75 Å². The van der Waals surface area contributed by atoms with Crippen molar-refractivity contribution in [1.29, 1.82) is 0 Å². The molecule has 0 spiro atoms. The molecule has 1 N–H and O–H groups in total. The van der Waals surface area contributed by atoms with Gasteiger partial charge in [-0.15, -0.1) is 0 Å². The van der Waals surface area contributed by atoms with Crippen LogP contribution in [0.3, 0.4) is 0 Å². The van der Waals surface area contributed by atoms with Gasteiger partial charge in [0.15, 0.2) is 4.77 Å². The van der Waals surface area contributed by atoms with Gasteiger partial charge in [-0.2, -0.15) is 0 Å². The Balaban J connectivity index is 1.92. The average Bonchev–Trinajstić information content (AvgIpc) is 2.80. The Morgan fingerprint density at radius 1 is 1.24 bits per heavy atom. The number of ether oxygens (including phenoxy) is 1. The highest BCUT2D eigenvalue weighted by molar-refractivity contribution is 7.71. The molecule has 0 aliphatic rings. The molecule has 5 heteroatoms. The molecule has 108 valence electrons. The summed E-state index contributed by atoms with van der Waals surface area (Å²) in [5.41, 5.74) is 3.21. The highest BCUT2D eigenvalue weighted by Crippen LogP contribution is 2.22. The van der Waals surface area contributed by atoms with Crippen molar-refractivity contribution in [3.63, 3.8) is 0 Å². The maximum atomic E-state index is 6.01. The number of fused-ring (bicyclic) bond motifs is 1. The molecule has 2 aromatic carbocycles. The number of halogens is 1. The summed E-state index contributed by atoms with van der Waals surface area (Å²) >= 11 is 11.4. The fourth-order valence-corrected chi connectivity index (χ4v) is 2.97. The Morgan fingerprint density at radius 3 is 2.86 bits per heavy atom. The molecule has 3 rings (SSSR count). The minimum absolute atomic E-state index is 0.704. The Morgan fingerprint density at radius 2 is 2.05 bits per heavy atom. The van der Waals surface area contributed by atoms with E-state index in [2.05, 4.69) is 15.6 Å². The van der Waals surface area contributed by atoms with E-state index < -0.39 is 0 Å². The predicted octanol–water partition coefficient (Wildman–Crippen LogP) is 4.60. The maximum Gasteiger partial charge on any atom is 0.178 e. The Labute approximate surface area is 133 Å². The molecule has 1 heterocycles. The van der Waals surface area contributed by atoms with Gasteiger partial charge in [0, 0.05) is 11.6 Å². The van der Waals surface area contributed by atoms with Crippen LogP contribution < -0.4 is 4.74 Å².